The predicted octanol–water partition coefficient (Wildman–Crippen LogP) is 0.0729. The molecule has 6 heteroatoms. The summed E-state index contributed by atoms with van der Waals surface area (Å²) in [6.45, 7) is 1.85. The van der Waals surface area contributed by atoms with Crippen LogP contribution in [0.25, 0.3) is 0 Å². The third-order valence-electron chi connectivity index (χ3n) is 3.53. The quantitative estimate of drug-likeness (QED) is 0.416. The Labute approximate surface area is 108 Å². The Morgan fingerprint density at radius 1 is 1.33 bits per heavy atom. The molecule has 0 radical (unpaired) electrons. The summed E-state index contributed by atoms with van der Waals surface area (Å²) < 4.78 is 0. The minimum Gasteiger partial charge on any atom is -0.480 e. The number of hydrogen-bond acceptors (Lipinski definition) is 4. The number of nitrogens with two attached hydrogens (primary N) is 1. The molecule has 0 aromatic rings. The second kappa shape index (κ2) is 8.05. The standard InChI is InChI=1S/C12H25N3O3/c1-4-12(15-3,11(17)18)8-6-5-7-9(14-2)10(13)16/h9,14-15H,4-8H2,1-3H3,(H2,13,16)(H,17,18). The topological polar surface area (TPSA) is 104 Å². The van der Waals surface area contributed by atoms with Gasteiger partial charge in [-0.2, -0.15) is 0 Å². The average molecular weight is 259 g/mol. The van der Waals surface area contributed by atoms with Crippen molar-refractivity contribution < 1.29 is 14.7 Å². The molecule has 0 bridgehead atoms. The van der Waals surface area contributed by atoms with Gasteiger partial charge in [0.2, 0.25) is 5.91 Å². The van der Waals surface area contributed by atoms with Crippen LogP contribution in [0.1, 0.15) is 39.0 Å². The van der Waals surface area contributed by atoms with E-state index in [0.29, 0.717) is 19.3 Å². The first-order chi connectivity index (χ1) is 8.43. The first-order valence-corrected chi connectivity index (χ1v) is 6.32. The zero-order valence-corrected chi connectivity index (χ0v) is 11.5. The fourth-order valence-corrected chi connectivity index (χ4v) is 2.05. The van der Waals surface area contributed by atoms with Crippen molar-refractivity contribution in [2.75, 3.05) is 14.1 Å². The lowest BCUT2D eigenvalue weighted by Gasteiger charge is -2.27. The molecule has 0 aliphatic rings. The molecule has 0 fully saturated rings. The highest BCUT2D eigenvalue weighted by Crippen LogP contribution is 2.19. The van der Waals surface area contributed by atoms with Gasteiger partial charge in [0.25, 0.3) is 0 Å². The number of primary amides is 1. The van der Waals surface area contributed by atoms with E-state index in [2.05, 4.69) is 10.6 Å². The predicted molar refractivity (Wildman–Crippen MR) is 70.2 cm³/mol. The van der Waals surface area contributed by atoms with Gasteiger partial charge < -0.3 is 21.5 Å². The first-order valence-electron chi connectivity index (χ1n) is 6.32. The molecule has 2 atom stereocenters. The number of likely N-dealkylation sites (N-methyl/N-ethyl adjacent to an activating group) is 2. The second-order valence-electron chi connectivity index (χ2n) is 4.48. The van der Waals surface area contributed by atoms with Crippen LogP contribution in [-0.4, -0.2) is 42.7 Å². The van der Waals surface area contributed by atoms with Crippen LogP contribution in [-0.2, 0) is 9.59 Å². The first kappa shape index (κ1) is 16.9. The van der Waals surface area contributed by atoms with Gasteiger partial charge in [-0.05, 0) is 33.4 Å². The highest BCUT2D eigenvalue weighted by atomic mass is 16.4. The van der Waals surface area contributed by atoms with Crippen LogP contribution in [0.5, 0.6) is 0 Å². The summed E-state index contributed by atoms with van der Waals surface area (Å²) in [5.41, 5.74) is 4.35. The summed E-state index contributed by atoms with van der Waals surface area (Å²) in [6, 6.07) is -0.333. The van der Waals surface area contributed by atoms with E-state index < -0.39 is 11.5 Å². The molecule has 0 saturated carbocycles. The van der Waals surface area contributed by atoms with Crippen molar-refractivity contribution in [2.24, 2.45) is 5.73 Å². The second-order valence-corrected chi connectivity index (χ2v) is 4.48. The van der Waals surface area contributed by atoms with Crippen molar-refractivity contribution in [1.82, 2.24) is 10.6 Å². The van der Waals surface area contributed by atoms with Crippen LogP contribution in [0.3, 0.4) is 0 Å². The van der Waals surface area contributed by atoms with Crippen molar-refractivity contribution in [3.05, 3.63) is 0 Å². The van der Waals surface area contributed by atoms with Gasteiger partial charge in [0, 0.05) is 0 Å². The molecule has 0 aromatic heterocycles. The molecule has 0 aromatic carbocycles. The summed E-state index contributed by atoms with van der Waals surface area (Å²) in [5, 5.41) is 14.9. The maximum Gasteiger partial charge on any atom is 0.323 e. The van der Waals surface area contributed by atoms with E-state index in [9.17, 15) is 14.7 Å². The Kier molecular flexibility index (Phi) is 7.54. The number of carbonyl (C=O) groups is 2. The van der Waals surface area contributed by atoms with Gasteiger partial charge in [0.15, 0.2) is 0 Å². The molecule has 0 aliphatic carbocycles. The van der Waals surface area contributed by atoms with Crippen molar-refractivity contribution in [3.8, 4) is 0 Å². The molecule has 5 N–H and O–H groups in total. The summed E-state index contributed by atoms with van der Waals surface area (Å²) in [6.07, 6.45) is 3.22. The van der Waals surface area contributed by atoms with Crippen molar-refractivity contribution in [1.29, 1.82) is 0 Å². The van der Waals surface area contributed by atoms with Crippen LogP contribution >= 0.6 is 0 Å². The Hall–Kier alpha value is -1.14. The Bertz CT molecular complexity index is 278. The molecule has 18 heavy (non-hydrogen) atoms. The van der Waals surface area contributed by atoms with Crippen LogP contribution in [0.2, 0.25) is 0 Å². The molecule has 0 aliphatic heterocycles. The lowest BCUT2D eigenvalue weighted by atomic mass is 9.89. The smallest absolute Gasteiger partial charge is 0.323 e. The minimum atomic E-state index is -0.859. The fraction of sp³-hybridized carbons (Fsp3) is 0.833. The van der Waals surface area contributed by atoms with Gasteiger partial charge in [0.1, 0.15) is 5.54 Å². The molecule has 106 valence electrons. The van der Waals surface area contributed by atoms with Gasteiger partial charge in [-0.1, -0.05) is 19.8 Å². The zero-order valence-electron chi connectivity index (χ0n) is 11.5. The maximum absolute atomic E-state index is 11.2. The SMILES string of the molecule is CCC(CCCCC(NC)C(N)=O)(NC)C(=O)O. The molecule has 0 rings (SSSR count). The molecule has 0 saturated heterocycles. The normalized spacial score (nSPS) is 15.9. The van der Waals surface area contributed by atoms with Gasteiger partial charge in [-0.15, -0.1) is 0 Å². The number of carbonyl (C=O) groups excluding carboxylic acids is 1. The molecular weight excluding hydrogens is 234 g/mol. The number of carboxylic acid groups (broad SMARTS) is 1. The van der Waals surface area contributed by atoms with Crippen LogP contribution < -0.4 is 16.4 Å². The summed E-state index contributed by atoms with van der Waals surface area (Å²) in [7, 11) is 3.36. The fourth-order valence-electron chi connectivity index (χ4n) is 2.05. The Balaban J connectivity index is 4.16. The summed E-state index contributed by atoms with van der Waals surface area (Å²) in [4.78, 5) is 22.2. The maximum atomic E-state index is 11.2. The highest BCUT2D eigenvalue weighted by molar-refractivity contribution is 5.79. The number of nitrogens with one attached hydrogen (secondary N) is 2. The lowest BCUT2D eigenvalue weighted by Crippen LogP contribution is -2.49. The zero-order chi connectivity index (χ0) is 14.2. The van der Waals surface area contributed by atoms with Gasteiger partial charge in [-0.25, -0.2) is 0 Å². The van der Waals surface area contributed by atoms with Crippen molar-refractivity contribution >= 4 is 11.9 Å². The third-order valence-corrected chi connectivity index (χ3v) is 3.53. The van der Waals surface area contributed by atoms with Crippen molar-refractivity contribution in [2.45, 2.75) is 50.6 Å². The van der Waals surface area contributed by atoms with E-state index in [1.807, 2.05) is 6.92 Å². The van der Waals surface area contributed by atoms with E-state index >= 15 is 0 Å². The molecule has 0 heterocycles. The summed E-state index contributed by atoms with van der Waals surface area (Å²) in [5.74, 6) is -1.20. The molecule has 6 nitrogen and oxygen atoms in total. The number of unbranched alkanes of at least 4 members (excludes halogenated alkanes) is 1. The number of aliphatic carboxylic acids is 1. The Morgan fingerprint density at radius 2 is 1.94 bits per heavy atom. The highest BCUT2D eigenvalue weighted by Gasteiger charge is 2.34. The van der Waals surface area contributed by atoms with Gasteiger partial charge in [0.05, 0.1) is 6.04 Å². The van der Waals surface area contributed by atoms with Crippen LogP contribution in [0.4, 0.5) is 0 Å². The molecule has 1 amide bonds. The number of rotatable bonds is 10. The number of hydrogen-bond donors (Lipinski definition) is 4. The molecular formula is C12H25N3O3. The Morgan fingerprint density at radius 3 is 2.28 bits per heavy atom. The van der Waals surface area contributed by atoms with E-state index in [1.54, 1.807) is 14.1 Å². The van der Waals surface area contributed by atoms with E-state index in [1.165, 1.54) is 0 Å². The minimum absolute atomic E-state index is 0.333. The largest absolute Gasteiger partial charge is 0.480 e. The monoisotopic (exact) mass is 259 g/mol. The molecule has 2 unspecified atom stereocenters. The van der Waals surface area contributed by atoms with E-state index in [0.717, 1.165) is 12.8 Å². The van der Waals surface area contributed by atoms with Crippen molar-refractivity contribution in [3.63, 3.8) is 0 Å². The van der Waals surface area contributed by atoms with E-state index in [4.69, 9.17) is 5.73 Å². The third kappa shape index (κ3) is 4.62. The lowest BCUT2D eigenvalue weighted by molar-refractivity contribution is -0.145. The average Bonchev–Trinajstić information content (AvgIpc) is 2.33. The number of carboxylic acids is 1. The number of amides is 1. The van der Waals surface area contributed by atoms with Gasteiger partial charge >= 0.3 is 5.97 Å². The van der Waals surface area contributed by atoms with Crippen LogP contribution in [0.15, 0.2) is 0 Å². The molecule has 0 spiro atoms. The van der Waals surface area contributed by atoms with Crippen LogP contribution in [0, 0.1) is 0 Å². The summed E-state index contributed by atoms with van der Waals surface area (Å²) >= 11 is 0. The van der Waals surface area contributed by atoms with E-state index in [-0.39, 0.29) is 11.9 Å². The van der Waals surface area contributed by atoms with Gasteiger partial charge in [-0.3, -0.25) is 9.59 Å².